The summed E-state index contributed by atoms with van der Waals surface area (Å²) in [6.45, 7) is 14.2. The van der Waals surface area contributed by atoms with Crippen LogP contribution in [0.3, 0.4) is 0 Å². The van der Waals surface area contributed by atoms with E-state index in [1.54, 1.807) is 0 Å². The molecule has 0 aromatic carbocycles. The lowest BCUT2D eigenvalue weighted by atomic mass is 9.75. The smallest absolute Gasteiger partial charge is 0.313 e. The summed E-state index contributed by atoms with van der Waals surface area (Å²) in [5.41, 5.74) is 4.91. The van der Waals surface area contributed by atoms with Gasteiger partial charge in [0.05, 0.1) is 12.0 Å². The highest BCUT2D eigenvalue weighted by molar-refractivity contribution is 5.77. The zero-order valence-electron chi connectivity index (χ0n) is 11.8. The van der Waals surface area contributed by atoms with E-state index in [1.807, 2.05) is 27.7 Å². The lowest BCUT2D eigenvalue weighted by molar-refractivity contribution is -0.157. The summed E-state index contributed by atoms with van der Waals surface area (Å²) in [5.74, 6) is -0.218. The summed E-state index contributed by atoms with van der Waals surface area (Å²) < 4.78 is 5.29. The van der Waals surface area contributed by atoms with E-state index >= 15 is 0 Å². The summed E-state index contributed by atoms with van der Waals surface area (Å²) in [6, 6.07) is 0. The fraction of sp³-hybridized carbons (Fsp3) is 0.923. The maximum absolute atomic E-state index is 11.9. The van der Waals surface area contributed by atoms with Crippen molar-refractivity contribution >= 4 is 5.97 Å². The average Bonchev–Trinajstić information content (AvgIpc) is 1.99. The van der Waals surface area contributed by atoms with Crippen LogP contribution in [0.1, 0.15) is 54.9 Å². The molecule has 16 heavy (non-hydrogen) atoms. The normalized spacial score (nSPS) is 13.8. The molecule has 96 valence electrons. The molecular formula is C13H27NO2. The third-order valence-electron chi connectivity index (χ3n) is 3.21. The van der Waals surface area contributed by atoms with Crippen molar-refractivity contribution in [3.05, 3.63) is 0 Å². The molecular weight excluding hydrogens is 202 g/mol. The Labute approximate surface area is 99.7 Å². The van der Waals surface area contributed by atoms with E-state index in [0.717, 1.165) is 6.42 Å². The first-order valence-electron chi connectivity index (χ1n) is 5.84. The van der Waals surface area contributed by atoms with Gasteiger partial charge in [-0.15, -0.1) is 0 Å². The fourth-order valence-corrected chi connectivity index (χ4v) is 0.893. The van der Waals surface area contributed by atoms with E-state index in [0.29, 0.717) is 6.61 Å². The molecule has 0 aromatic heterocycles. The van der Waals surface area contributed by atoms with Gasteiger partial charge in [0.1, 0.15) is 0 Å². The van der Waals surface area contributed by atoms with Gasteiger partial charge in [0.2, 0.25) is 0 Å². The van der Waals surface area contributed by atoms with Crippen LogP contribution in [0, 0.1) is 10.8 Å². The second-order valence-corrected chi connectivity index (χ2v) is 6.79. The van der Waals surface area contributed by atoms with Gasteiger partial charge in [0, 0.05) is 5.54 Å². The van der Waals surface area contributed by atoms with Gasteiger partial charge < -0.3 is 10.5 Å². The summed E-state index contributed by atoms with van der Waals surface area (Å²) >= 11 is 0. The van der Waals surface area contributed by atoms with Crippen molar-refractivity contribution in [2.45, 2.75) is 60.4 Å². The van der Waals surface area contributed by atoms with Crippen LogP contribution in [-0.4, -0.2) is 18.1 Å². The van der Waals surface area contributed by atoms with Crippen molar-refractivity contribution in [2.24, 2.45) is 16.6 Å². The minimum absolute atomic E-state index is 0.183. The molecule has 3 nitrogen and oxygen atoms in total. The summed E-state index contributed by atoms with van der Waals surface area (Å²) in [6.07, 6.45) is 0.861. The quantitative estimate of drug-likeness (QED) is 0.754. The fourth-order valence-electron chi connectivity index (χ4n) is 0.893. The molecule has 0 heterocycles. The van der Waals surface area contributed by atoms with Gasteiger partial charge in [-0.2, -0.15) is 0 Å². The van der Waals surface area contributed by atoms with Crippen molar-refractivity contribution in [2.75, 3.05) is 6.61 Å². The molecule has 0 aliphatic rings. The lowest BCUT2D eigenvalue weighted by Crippen LogP contribution is -2.52. The van der Waals surface area contributed by atoms with Crippen molar-refractivity contribution in [3.8, 4) is 0 Å². The Morgan fingerprint density at radius 1 is 1.06 bits per heavy atom. The molecule has 3 heteroatoms. The molecule has 2 N–H and O–H groups in total. The highest BCUT2D eigenvalue weighted by Gasteiger charge is 2.41. The zero-order chi connectivity index (χ0) is 13.2. The monoisotopic (exact) mass is 229 g/mol. The largest absolute Gasteiger partial charge is 0.465 e. The number of hydrogen-bond donors (Lipinski definition) is 1. The van der Waals surface area contributed by atoms with Crippen molar-refractivity contribution in [1.29, 1.82) is 0 Å². The molecule has 0 bridgehead atoms. The van der Waals surface area contributed by atoms with Crippen LogP contribution >= 0.6 is 0 Å². The van der Waals surface area contributed by atoms with Crippen molar-refractivity contribution < 1.29 is 9.53 Å². The Bertz CT molecular complexity index is 244. The summed E-state index contributed by atoms with van der Waals surface area (Å²) in [7, 11) is 0. The number of rotatable bonds is 4. The molecule has 0 amide bonds. The summed E-state index contributed by atoms with van der Waals surface area (Å²) in [5, 5.41) is 0. The minimum Gasteiger partial charge on any atom is -0.465 e. The maximum atomic E-state index is 11.9. The Kier molecular flexibility index (Phi) is 4.57. The van der Waals surface area contributed by atoms with Gasteiger partial charge in [-0.1, -0.05) is 20.8 Å². The van der Waals surface area contributed by atoms with E-state index < -0.39 is 11.0 Å². The third-order valence-corrected chi connectivity index (χ3v) is 3.21. The molecule has 0 spiro atoms. The number of esters is 1. The van der Waals surface area contributed by atoms with Crippen molar-refractivity contribution in [3.63, 3.8) is 0 Å². The predicted octanol–water partition coefficient (Wildman–Crippen LogP) is 2.73. The van der Waals surface area contributed by atoms with Gasteiger partial charge in [-0.3, -0.25) is 4.79 Å². The number of carbonyl (C=O) groups excluding carboxylic acids is 1. The number of hydrogen-bond acceptors (Lipinski definition) is 3. The Morgan fingerprint density at radius 3 is 1.81 bits per heavy atom. The molecule has 0 saturated heterocycles. The van der Waals surface area contributed by atoms with Gasteiger partial charge in [-0.05, 0) is 39.5 Å². The van der Waals surface area contributed by atoms with Crippen LogP contribution < -0.4 is 5.73 Å². The predicted molar refractivity (Wildman–Crippen MR) is 67.1 cm³/mol. The van der Waals surface area contributed by atoms with Gasteiger partial charge >= 0.3 is 5.97 Å². The Hall–Kier alpha value is -0.570. The Morgan fingerprint density at radius 2 is 1.50 bits per heavy atom. The topological polar surface area (TPSA) is 52.3 Å². The Balaban J connectivity index is 4.28. The molecule has 0 unspecified atom stereocenters. The maximum Gasteiger partial charge on any atom is 0.313 e. The number of nitrogens with two attached hydrogens (primary N) is 1. The number of ether oxygens (including phenoxy) is 1. The first-order valence-corrected chi connectivity index (χ1v) is 5.84. The van der Waals surface area contributed by atoms with E-state index in [-0.39, 0.29) is 11.4 Å². The molecule has 0 fully saturated rings. The van der Waals surface area contributed by atoms with Crippen LogP contribution in [-0.2, 0) is 9.53 Å². The second-order valence-electron chi connectivity index (χ2n) is 6.79. The molecule has 0 radical (unpaired) electrons. The molecule has 0 atom stereocenters. The van der Waals surface area contributed by atoms with Crippen LogP contribution in [0.4, 0.5) is 0 Å². The first-order chi connectivity index (χ1) is 6.88. The van der Waals surface area contributed by atoms with Gasteiger partial charge in [0.15, 0.2) is 0 Å². The number of carbonyl (C=O) groups is 1. The van der Waals surface area contributed by atoms with Crippen LogP contribution in [0.15, 0.2) is 0 Å². The minimum atomic E-state index is -0.662. The molecule has 0 aromatic rings. The van der Waals surface area contributed by atoms with E-state index in [2.05, 4.69) is 20.8 Å². The molecule has 0 saturated carbocycles. The standard InChI is InChI=1S/C13H27NO2/c1-11(2,3)8-9-16-10(15)12(4,5)13(6,7)14/h8-9,14H2,1-7H3. The zero-order valence-corrected chi connectivity index (χ0v) is 11.8. The van der Waals surface area contributed by atoms with Gasteiger partial charge in [0.25, 0.3) is 0 Å². The SMILES string of the molecule is CC(C)(C)CCOC(=O)C(C)(C)C(C)(C)N. The van der Waals surface area contributed by atoms with Crippen molar-refractivity contribution in [1.82, 2.24) is 0 Å². The molecule has 0 rings (SSSR count). The van der Waals surface area contributed by atoms with Gasteiger partial charge in [-0.25, -0.2) is 0 Å². The highest BCUT2D eigenvalue weighted by Crippen LogP contribution is 2.30. The molecule has 0 aliphatic heterocycles. The third kappa shape index (κ3) is 4.52. The highest BCUT2D eigenvalue weighted by atomic mass is 16.5. The van der Waals surface area contributed by atoms with E-state index in [4.69, 9.17) is 10.5 Å². The van der Waals surface area contributed by atoms with Crippen LogP contribution in [0.5, 0.6) is 0 Å². The first kappa shape index (κ1) is 15.4. The van der Waals surface area contributed by atoms with Crippen LogP contribution in [0.25, 0.3) is 0 Å². The lowest BCUT2D eigenvalue weighted by Gasteiger charge is -2.36. The van der Waals surface area contributed by atoms with Crippen LogP contribution in [0.2, 0.25) is 0 Å². The average molecular weight is 229 g/mol. The second kappa shape index (κ2) is 4.74. The summed E-state index contributed by atoms with van der Waals surface area (Å²) in [4.78, 5) is 11.9. The van der Waals surface area contributed by atoms with E-state index in [9.17, 15) is 4.79 Å². The molecule has 0 aliphatic carbocycles. The van der Waals surface area contributed by atoms with E-state index in [1.165, 1.54) is 0 Å².